The summed E-state index contributed by atoms with van der Waals surface area (Å²) in [5, 5.41) is 2.99. The lowest BCUT2D eigenvalue weighted by atomic mass is 9.95. The highest BCUT2D eigenvalue weighted by molar-refractivity contribution is 5.76. The first kappa shape index (κ1) is 17.6. The molecule has 2 aromatic heterocycles. The molecule has 1 N–H and O–H groups in total. The van der Waals surface area contributed by atoms with Crippen LogP contribution in [0.15, 0.2) is 12.4 Å². The highest BCUT2D eigenvalue weighted by Gasteiger charge is 2.16. The molecular weight excluding hydrogens is 314 g/mol. The fourth-order valence-corrected chi connectivity index (χ4v) is 3.56. The van der Waals surface area contributed by atoms with E-state index in [9.17, 15) is 4.79 Å². The Balaban J connectivity index is 1.50. The summed E-state index contributed by atoms with van der Waals surface area (Å²) in [6, 6.07) is 0.102. The third kappa shape index (κ3) is 4.24. The maximum Gasteiger partial charge on any atom is 0.222 e. The summed E-state index contributed by atoms with van der Waals surface area (Å²) in [5.41, 5.74) is 3.66. The molecule has 2 heterocycles. The van der Waals surface area contributed by atoms with Gasteiger partial charge in [0.25, 0.3) is 0 Å². The molecule has 0 saturated carbocycles. The molecule has 0 radical (unpaired) electrons. The Morgan fingerprint density at radius 3 is 2.84 bits per heavy atom. The standard InChI is InChI=1S/C19H27N5O/c1-13(24-11-10-20-15(24)3)12-19(25)21-9-8-18-22-14(2)16-6-4-5-7-17(16)23-18/h10-11,13H,4-9,12H2,1-3H3,(H,21,25)/t13-/m1/s1. The summed E-state index contributed by atoms with van der Waals surface area (Å²) in [6.45, 7) is 6.63. The van der Waals surface area contributed by atoms with Gasteiger partial charge in [-0.05, 0) is 52.0 Å². The van der Waals surface area contributed by atoms with Gasteiger partial charge in [0.05, 0.1) is 0 Å². The van der Waals surface area contributed by atoms with Crippen LogP contribution in [0, 0.1) is 13.8 Å². The highest BCUT2D eigenvalue weighted by Crippen LogP contribution is 2.21. The van der Waals surface area contributed by atoms with Gasteiger partial charge in [0.1, 0.15) is 11.6 Å². The number of aryl methyl sites for hydroxylation is 3. The monoisotopic (exact) mass is 341 g/mol. The van der Waals surface area contributed by atoms with Crippen LogP contribution in [0.25, 0.3) is 0 Å². The summed E-state index contributed by atoms with van der Waals surface area (Å²) in [5.74, 6) is 1.82. The molecule has 6 nitrogen and oxygen atoms in total. The van der Waals surface area contributed by atoms with E-state index in [1.54, 1.807) is 6.20 Å². The van der Waals surface area contributed by atoms with E-state index >= 15 is 0 Å². The van der Waals surface area contributed by atoms with E-state index < -0.39 is 0 Å². The summed E-state index contributed by atoms with van der Waals surface area (Å²) < 4.78 is 2.02. The van der Waals surface area contributed by atoms with Crippen molar-refractivity contribution in [1.29, 1.82) is 0 Å². The third-order valence-corrected chi connectivity index (χ3v) is 4.92. The quantitative estimate of drug-likeness (QED) is 0.876. The normalized spacial score (nSPS) is 14.8. The molecule has 0 fully saturated rings. The van der Waals surface area contributed by atoms with Crippen molar-refractivity contribution in [3.8, 4) is 0 Å². The lowest BCUT2D eigenvalue weighted by Crippen LogP contribution is -2.28. The Morgan fingerprint density at radius 1 is 1.28 bits per heavy atom. The zero-order chi connectivity index (χ0) is 17.8. The summed E-state index contributed by atoms with van der Waals surface area (Å²) >= 11 is 0. The molecule has 0 spiro atoms. The van der Waals surface area contributed by atoms with Crippen molar-refractivity contribution in [2.24, 2.45) is 0 Å². The van der Waals surface area contributed by atoms with Gasteiger partial charge in [0, 0.05) is 49.2 Å². The lowest BCUT2D eigenvalue weighted by molar-refractivity contribution is -0.121. The van der Waals surface area contributed by atoms with E-state index in [2.05, 4.69) is 22.2 Å². The minimum Gasteiger partial charge on any atom is -0.356 e. The van der Waals surface area contributed by atoms with Crippen molar-refractivity contribution < 1.29 is 4.79 Å². The van der Waals surface area contributed by atoms with Gasteiger partial charge in [-0.2, -0.15) is 0 Å². The van der Waals surface area contributed by atoms with Gasteiger partial charge in [-0.25, -0.2) is 15.0 Å². The van der Waals surface area contributed by atoms with Crippen LogP contribution in [0.1, 0.15) is 60.8 Å². The SMILES string of the molecule is Cc1nc(CCNC(=O)C[C@@H](C)n2ccnc2C)nc2c1CCCC2. The van der Waals surface area contributed by atoms with Gasteiger partial charge in [-0.3, -0.25) is 4.79 Å². The molecule has 0 aliphatic heterocycles. The first-order valence-corrected chi connectivity index (χ1v) is 9.16. The van der Waals surface area contributed by atoms with Crippen LogP contribution >= 0.6 is 0 Å². The molecule has 1 atom stereocenters. The fourth-order valence-electron chi connectivity index (χ4n) is 3.56. The van der Waals surface area contributed by atoms with Crippen molar-refractivity contribution in [3.63, 3.8) is 0 Å². The van der Waals surface area contributed by atoms with E-state index in [0.717, 1.165) is 30.2 Å². The smallest absolute Gasteiger partial charge is 0.222 e. The number of hydrogen-bond donors (Lipinski definition) is 1. The molecule has 3 rings (SSSR count). The van der Waals surface area contributed by atoms with Crippen LogP contribution < -0.4 is 5.32 Å². The second kappa shape index (κ2) is 7.76. The molecular formula is C19H27N5O. The number of nitrogens with zero attached hydrogens (tertiary/aromatic N) is 4. The van der Waals surface area contributed by atoms with Crippen molar-refractivity contribution in [1.82, 2.24) is 24.8 Å². The molecule has 0 unspecified atom stereocenters. The first-order valence-electron chi connectivity index (χ1n) is 9.16. The maximum absolute atomic E-state index is 12.2. The van der Waals surface area contributed by atoms with Crippen LogP contribution in [0.5, 0.6) is 0 Å². The van der Waals surface area contributed by atoms with Gasteiger partial charge in [0.2, 0.25) is 5.91 Å². The fraction of sp³-hybridized carbons (Fsp3) is 0.579. The third-order valence-electron chi connectivity index (χ3n) is 4.92. The molecule has 0 bridgehead atoms. The summed E-state index contributed by atoms with van der Waals surface area (Å²) in [7, 11) is 0. The molecule has 1 amide bonds. The first-order chi connectivity index (χ1) is 12.0. The van der Waals surface area contributed by atoms with Crippen LogP contribution in [0.4, 0.5) is 0 Å². The van der Waals surface area contributed by atoms with Crippen molar-refractivity contribution >= 4 is 5.91 Å². The van der Waals surface area contributed by atoms with E-state index in [1.165, 1.54) is 24.1 Å². The van der Waals surface area contributed by atoms with Crippen molar-refractivity contribution in [3.05, 3.63) is 41.0 Å². The predicted molar refractivity (Wildman–Crippen MR) is 96.4 cm³/mol. The number of aromatic nitrogens is 4. The van der Waals surface area contributed by atoms with Crippen molar-refractivity contribution in [2.45, 2.75) is 65.3 Å². The van der Waals surface area contributed by atoms with Crippen molar-refractivity contribution in [2.75, 3.05) is 6.54 Å². The van der Waals surface area contributed by atoms with Crippen LogP contribution in [-0.2, 0) is 24.1 Å². The second-order valence-electron chi connectivity index (χ2n) is 6.89. The average molecular weight is 341 g/mol. The van der Waals surface area contributed by atoms with Gasteiger partial charge < -0.3 is 9.88 Å². The summed E-state index contributed by atoms with van der Waals surface area (Å²) in [4.78, 5) is 25.7. The Labute approximate surface area is 149 Å². The topological polar surface area (TPSA) is 72.7 Å². The Kier molecular flexibility index (Phi) is 5.46. The molecule has 25 heavy (non-hydrogen) atoms. The molecule has 134 valence electrons. The molecule has 2 aromatic rings. The minimum atomic E-state index is 0.0512. The zero-order valence-electron chi connectivity index (χ0n) is 15.4. The van der Waals surface area contributed by atoms with E-state index in [0.29, 0.717) is 19.4 Å². The van der Waals surface area contributed by atoms with E-state index in [1.807, 2.05) is 24.6 Å². The summed E-state index contributed by atoms with van der Waals surface area (Å²) in [6.07, 6.45) is 9.41. The van der Waals surface area contributed by atoms with E-state index in [-0.39, 0.29) is 11.9 Å². The molecule has 0 aromatic carbocycles. The van der Waals surface area contributed by atoms with Gasteiger partial charge in [-0.1, -0.05) is 0 Å². The molecule has 1 aliphatic rings. The second-order valence-corrected chi connectivity index (χ2v) is 6.89. The largest absolute Gasteiger partial charge is 0.356 e. The van der Waals surface area contributed by atoms with Crippen LogP contribution in [0.2, 0.25) is 0 Å². The molecule has 1 aliphatic carbocycles. The van der Waals surface area contributed by atoms with Crippen LogP contribution in [0.3, 0.4) is 0 Å². The number of nitrogens with one attached hydrogen (secondary N) is 1. The number of carbonyl (C=O) groups excluding carboxylic acids is 1. The zero-order valence-corrected chi connectivity index (χ0v) is 15.4. The average Bonchev–Trinajstić information content (AvgIpc) is 3.01. The lowest BCUT2D eigenvalue weighted by Gasteiger charge is -2.18. The number of hydrogen-bond acceptors (Lipinski definition) is 4. The van der Waals surface area contributed by atoms with Gasteiger partial charge >= 0.3 is 0 Å². The number of rotatable bonds is 6. The predicted octanol–water partition coefficient (Wildman–Crippen LogP) is 2.48. The number of imidazole rings is 1. The highest BCUT2D eigenvalue weighted by atomic mass is 16.1. The van der Waals surface area contributed by atoms with E-state index in [4.69, 9.17) is 4.98 Å². The minimum absolute atomic E-state index is 0.0512. The number of carbonyl (C=O) groups is 1. The maximum atomic E-state index is 12.2. The number of fused-ring (bicyclic) bond motifs is 1. The molecule has 6 heteroatoms. The Morgan fingerprint density at radius 2 is 2.08 bits per heavy atom. The van der Waals surface area contributed by atoms with Gasteiger partial charge in [0.15, 0.2) is 0 Å². The molecule has 0 saturated heterocycles. The van der Waals surface area contributed by atoms with Gasteiger partial charge in [-0.15, -0.1) is 0 Å². The number of amides is 1. The Bertz CT molecular complexity index is 752. The Hall–Kier alpha value is -2.24. The van der Waals surface area contributed by atoms with Crippen LogP contribution in [-0.4, -0.2) is 32.0 Å².